The quantitative estimate of drug-likeness (QED) is 0.877. The highest BCUT2D eigenvalue weighted by Gasteiger charge is 2.41. The summed E-state index contributed by atoms with van der Waals surface area (Å²) in [5, 5.41) is 6.03. The molecule has 3 rings (SSSR count). The van der Waals surface area contributed by atoms with Gasteiger partial charge in [0.05, 0.1) is 0 Å². The monoisotopic (exact) mass is 329 g/mol. The second-order valence-electron chi connectivity index (χ2n) is 6.10. The Morgan fingerprint density at radius 2 is 2.00 bits per heavy atom. The average Bonchev–Trinajstić information content (AvgIpc) is 3.10. The van der Waals surface area contributed by atoms with Gasteiger partial charge in [-0.25, -0.2) is 4.79 Å². The lowest BCUT2D eigenvalue weighted by atomic mass is 9.87. The van der Waals surface area contributed by atoms with Gasteiger partial charge in [-0.15, -0.1) is 13.2 Å². The van der Waals surface area contributed by atoms with E-state index in [0.29, 0.717) is 18.8 Å². The zero-order valence-electron chi connectivity index (χ0n) is 12.4. The Kier molecular flexibility index (Phi) is 4.09. The number of rotatable bonds is 2. The molecule has 0 aromatic heterocycles. The number of alkyl halides is 3. The molecule has 23 heavy (non-hydrogen) atoms. The largest absolute Gasteiger partial charge is 0.573 e. The van der Waals surface area contributed by atoms with E-state index >= 15 is 0 Å². The van der Waals surface area contributed by atoms with Crippen LogP contribution >= 0.6 is 0 Å². The lowest BCUT2D eigenvalue weighted by Gasteiger charge is -2.23. The molecule has 1 spiro atoms. The van der Waals surface area contributed by atoms with Gasteiger partial charge in [0.2, 0.25) is 0 Å². The Morgan fingerprint density at radius 1 is 1.26 bits per heavy atom. The molecule has 2 aliphatic rings. The van der Waals surface area contributed by atoms with Crippen molar-refractivity contribution in [2.75, 3.05) is 31.5 Å². The minimum absolute atomic E-state index is 0.182. The third kappa shape index (κ3) is 3.87. The van der Waals surface area contributed by atoms with Crippen molar-refractivity contribution in [3.8, 4) is 5.75 Å². The third-order valence-electron chi connectivity index (χ3n) is 4.40. The number of nitrogens with one attached hydrogen (secondary N) is 2. The molecule has 8 heteroatoms. The highest BCUT2D eigenvalue weighted by molar-refractivity contribution is 5.89. The maximum absolute atomic E-state index is 12.3. The summed E-state index contributed by atoms with van der Waals surface area (Å²) in [7, 11) is 0. The Hall–Kier alpha value is -1.96. The summed E-state index contributed by atoms with van der Waals surface area (Å²) in [6.45, 7) is 3.32. The summed E-state index contributed by atoms with van der Waals surface area (Å²) in [6, 6.07) is 4.91. The van der Waals surface area contributed by atoms with Gasteiger partial charge in [0.15, 0.2) is 0 Å². The van der Waals surface area contributed by atoms with Crippen LogP contribution in [0.25, 0.3) is 0 Å². The molecule has 2 heterocycles. The smallest absolute Gasteiger partial charge is 0.406 e. The van der Waals surface area contributed by atoms with Gasteiger partial charge >= 0.3 is 12.4 Å². The molecule has 126 valence electrons. The molecule has 2 aliphatic heterocycles. The van der Waals surface area contributed by atoms with E-state index in [0.717, 1.165) is 25.9 Å². The van der Waals surface area contributed by atoms with E-state index in [1.54, 1.807) is 4.90 Å². The van der Waals surface area contributed by atoms with E-state index in [4.69, 9.17) is 0 Å². The van der Waals surface area contributed by atoms with E-state index in [-0.39, 0.29) is 17.2 Å². The van der Waals surface area contributed by atoms with Crippen molar-refractivity contribution >= 4 is 11.7 Å². The van der Waals surface area contributed by atoms with Crippen LogP contribution in [0.15, 0.2) is 24.3 Å². The lowest BCUT2D eigenvalue weighted by Crippen LogP contribution is -2.36. The molecular formula is C15H18F3N3O2. The van der Waals surface area contributed by atoms with Gasteiger partial charge in [0.25, 0.3) is 0 Å². The molecule has 2 N–H and O–H groups in total. The SMILES string of the molecule is O=C(Nc1ccc(OC(F)(F)F)cc1)N1CCC2(CCNC2)C1. The van der Waals surface area contributed by atoms with E-state index in [2.05, 4.69) is 15.4 Å². The van der Waals surface area contributed by atoms with Gasteiger partial charge < -0.3 is 20.3 Å². The second kappa shape index (κ2) is 5.92. The minimum Gasteiger partial charge on any atom is -0.406 e. The first-order valence-electron chi connectivity index (χ1n) is 7.48. The first kappa shape index (κ1) is 15.9. The second-order valence-corrected chi connectivity index (χ2v) is 6.10. The molecule has 0 bridgehead atoms. The van der Waals surface area contributed by atoms with Crippen molar-refractivity contribution in [2.24, 2.45) is 5.41 Å². The van der Waals surface area contributed by atoms with Crippen LogP contribution in [0.4, 0.5) is 23.7 Å². The van der Waals surface area contributed by atoms with Gasteiger partial charge in [-0.1, -0.05) is 0 Å². The summed E-state index contributed by atoms with van der Waals surface area (Å²) in [5.41, 5.74) is 0.622. The van der Waals surface area contributed by atoms with Crippen molar-refractivity contribution < 1.29 is 22.7 Å². The number of carbonyl (C=O) groups is 1. The summed E-state index contributed by atoms with van der Waals surface area (Å²) in [4.78, 5) is 14.0. The van der Waals surface area contributed by atoms with Crippen molar-refractivity contribution in [2.45, 2.75) is 19.2 Å². The fourth-order valence-corrected chi connectivity index (χ4v) is 3.19. The van der Waals surface area contributed by atoms with Crippen molar-refractivity contribution in [1.82, 2.24) is 10.2 Å². The molecule has 1 aromatic rings. The number of benzene rings is 1. The number of urea groups is 1. The Labute approximate surface area is 131 Å². The van der Waals surface area contributed by atoms with Gasteiger partial charge in [-0.05, 0) is 43.7 Å². The Morgan fingerprint density at radius 3 is 2.61 bits per heavy atom. The normalized spacial score (nSPS) is 24.2. The highest BCUT2D eigenvalue weighted by atomic mass is 19.4. The fraction of sp³-hybridized carbons (Fsp3) is 0.533. The molecule has 0 aliphatic carbocycles. The van der Waals surface area contributed by atoms with Crippen LogP contribution in [-0.2, 0) is 0 Å². The van der Waals surface area contributed by atoms with Crippen LogP contribution in [0.3, 0.4) is 0 Å². The van der Waals surface area contributed by atoms with Crippen molar-refractivity contribution in [3.05, 3.63) is 24.3 Å². The number of ether oxygens (including phenoxy) is 1. The number of halogens is 3. The number of amides is 2. The molecule has 2 fully saturated rings. The van der Waals surface area contributed by atoms with Crippen LogP contribution in [0.5, 0.6) is 5.75 Å². The first-order chi connectivity index (χ1) is 10.9. The van der Waals surface area contributed by atoms with Crippen molar-refractivity contribution in [1.29, 1.82) is 0 Å². The van der Waals surface area contributed by atoms with Crippen LogP contribution in [-0.4, -0.2) is 43.5 Å². The third-order valence-corrected chi connectivity index (χ3v) is 4.40. The molecular weight excluding hydrogens is 311 g/mol. The van der Waals surface area contributed by atoms with Gasteiger partial charge in [0, 0.05) is 30.7 Å². The van der Waals surface area contributed by atoms with Crippen LogP contribution < -0.4 is 15.4 Å². The average molecular weight is 329 g/mol. The molecule has 1 atom stereocenters. The fourth-order valence-electron chi connectivity index (χ4n) is 3.19. The molecule has 1 aromatic carbocycles. The maximum atomic E-state index is 12.3. The van der Waals surface area contributed by atoms with Gasteiger partial charge in [-0.3, -0.25) is 0 Å². The highest BCUT2D eigenvalue weighted by Crippen LogP contribution is 2.36. The maximum Gasteiger partial charge on any atom is 0.573 e. The summed E-state index contributed by atoms with van der Waals surface area (Å²) in [6.07, 6.45) is -2.67. The van der Waals surface area contributed by atoms with Gasteiger partial charge in [0.1, 0.15) is 5.75 Å². The lowest BCUT2D eigenvalue weighted by molar-refractivity contribution is -0.274. The minimum atomic E-state index is -4.72. The number of carbonyl (C=O) groups excluding carboxylic acids is 1. The van der Waals surface area contributed by atoms with Crippen molar-refractivity contribution in [3.63, 3.8) is 0 Å². The summed E-state index contributed by atoms with van der Waals surface area (Å²) < 4.78 is 40.1. The molecule has 0 saturated carbocycles. The van der Waals surface area contributed by atoms with Gasteiger partial charge in [-0.2, -0.15) is 0 Å². The van der Waals surface area contributed by atoms with Crippen LogP contribution in [0.2, 0.25) is 0 Å². The zero-order valence-corrected chi connectivity index (χ0v) is 12.4. The van der Waals surface area contributed by atoms with Crippen LogP contribution in [0, 0.1) is 5.41 Å². The Balaban J connectivity index is 1.56. The van der Waals surface area contributed by atoms with E-state index < -0.39 is 6.36 Å². The summed E-state index contributed by atoms with van der Waals surface area (Å²) >= 11 is 0. The molecule has 0 radical (unpaired) electrons. The number of likely N-dealkylation sites (tertiary alicyclic amines) is 1. The van der Waals surface area contributed by atoms with Crippen LogP contribution in [0.1, 0.15) is 12.8 Å². The van der Waals surface area contributed by atoms with E-state index in [1.807, 2.05) is 0 Å². The standard InChI is InChI=1S/C15H18F3N3O2/c16-15(17,18)23-12-3-1-11(2-4-12)20-13(22)21-8-6-14(10-21)5-7-19-9-14/h1-4,19H,5-10H2,(H,20,22). The number of anilines is 1. The summed E-state index contributed by atoms with van der Waals surface area (Å²) in [5.74, 6) is -0.312. The number of hydrogen-bond acceptors (Lipinski definition) is 3. The Bertz CT molecular complexity index is 568. The number of nitrogens with zero attached hydrogens (tertiary/aromatic N) is 1. The molecule has 1 unspecified atom stereocenters. The number of hydrogen-bond donors (Lipinski definition) is 2. The zero-order chi connectivity index (χ0) is 16.5. The molecule has 5 nitrogen and oxygen atoms in total. The van der Waals surface area contributed by atoms with E-state index in [9.17, 15) is 18.0 Å². The topological polar surface area (TPSA) is 53.6 Å². The molecule has 2 saturated heterocycles. The predicted molar refractivity (Wildman–Crippen MR) is 78.3 cm³/mol. The predicted octanol–water partition coefficient (Wildman–Crippen LogP) is 2.80. The molecule has 2 amide bonds. The first-order valence-corrected chi connectivity index (χ1v) is 7.48. The van der Waals surface area contributed by atoms with E-state index in [1.165, 1.54) is 24.3 Å².